The van der Waals surface area contributed by atoms with Gasteiger partial charge in [-0.15, -0.1) is 0 Å². The molecule has 13 heteroatoms. The third-order valence-electron chi connectivity index (χ3n) is 5.58. The molecule has 0 radical (unpaired) electrons. The first-order valence-corrected chi connectivity index (χ1v) is 13.3. The van der Waals surface area contributed by atoms with E-state index in [4.69, 9.17) is 25.7 Å². The highest BCUT2D eigenvalue weighted by Crippen LogP contribution is 2.14. The van der Waals surface area contributed by atoms with E-state index < -0.39 is 60.6 Å². The monoisotopic (exact) mass is 565 g/mol. The summed E-state index contributed by atoms with van der Waals surface area (Å²) in [4.78, 5) is 61.9. The molecule has 0 fully saturated rings. The van der Waals surface area contributed by atoms with Crippen molar-refractivity contribution in [3.05, 3.63) is 35.9 Å². The third-order valence-corrected chi connectivity index (χ3v) is 5.58. The van der Waals surface area contributed by atoms with Gasteiger partial charge in [0, 0.05) is 19.6 Å². The number of carbonyl (C=O) groups excluding carboxylic acids is 5. The second-order valence-corrected chi connectivity index (χ2v) is 9.52. The summed E-state index contributed by atoms with van der Waals surface area (Å²) in [5.74, 6) is -2.86. The fraction of sp³-hybridized carbons (Fsp3) is 0.593. The maximum Gasteiger partial charge on any atom is 0.408 e. The maximum absolute atomic E-state index is 13.3. The van der Waals surface area contributed by atoms with Gasteiger partial charge in [0.2, 0.25) is 23.6 Å². The largest absolute Gasteiger partial charge is 0.445 e. The average molecular weight is 566 g/mol. The minimum absolute atomic E-state index is 0.0701. The van der Waals surface area contributed by atoms with E-state index in [0.717, 1.165) is 0 Å². The first-order chi connectivity index (χ1) is 19.0. The molecule has 0 aliphatic heterocycles. The van der Waals surface area contributed by atoms with Crippen LogP contribution in [0.2, 0.25) is 0 Å². The highest BCUT2D eigenvalue weighted by Gasteiger charge is 2.32. The molecule has 1 rings (SSSR count). The topological polar surface area (TPSA) is 201 Å². The van der Waals surface area contributed by atoms with E-state index in [1.165, 1.54) is 0 Å². The number of amides is 5. The van der Waals surface area contributed by atoms with Crippen LogP contribution < -0.4 is 27.4 Å². The molecule has 0 heterocycles. The van der Waals surface area contributed by atoms with Crippen LogP contribution in [0.5, 0.6) is 0 Å². The summed E-state index contributed by atoms with van der Waals surface area (Å²) in [6.07, 6.45) is -2.08. The molecule has 1 aromatic carbocycles. The second-order valence-electron chi connectivity index (χ2n) is 9.52. The lowest BCUT2D eigenvalue weighted by Crippen LogP contribution is -2.57. The minimum Gasteiger partial charge on any atom is -0.445 e. The summed E-state index contributed by atoms with van der Waals surface area (Å²) in [6, 6.07) is 5.62. The van der Waals surface area contributed by atoms with Crippen LogP contribution in [0.3, 0.4) is 0 Å². The number of nitrogens with two attached hydrogens (primary N) is 2. The fourth-order valence-corrected chi connectivity index (χ4v) is 3.78. The van der Waals surface area contributed by atoms with E-state index in [0.29, 0.717) is 25.2 Å². The first kappa shape index (κ1) is 34.3. The molecule has 0 saturated heterocycles. The molecule has 0 aromatic heterocycles. The molecule has 0 bridgehead atoms. The Hall–Kier alpha value is -3.71. The Kier molecular flexibility index (Phi) is 15.9. The van der Waals surface area contributed by atoms with Gasteiger partial charge < -0.3 is 41.6 Å². The van der Waals surface area contributed by atoms with Gasteiger partial charge in [-0.3, -0.25) is 19.2 Å². The smallest absolute Gasteiger partial charge is 0.408 e. The van der Waals surface area contributed by atoms with Crippen molar-refractivity contribution in [2.24, 2.45) is 17.4 Å². The van der Waals surface area contributed by atoms with Crippen LogP contribution in [0.25, 0.3) is 0 Å². The molecule has 0 aliphatic rings. The number of carbonyl (C=O) groups is 5. The van der Waals surface area contributed by atoms with Crippen molar-refractivity contribution in [3.63, 3.8) is 0 Å². The molecule has 0 aliphatic carbocycles. The highest BCUT2D eigenvalue weighted by molar-refractivity contribution is 5.94. The van der Waals surface area contributed by atoms with Crippen LogP contribution in [-0.4, -0.2) is 67.4 Å². The maximum atomic E-state index is 13.3. The predicted molar refractivity (Wildman–Crippen MR) is 146 cm³/mol. The number of hydrogen-bond donors (Lipinski definition) is 5. The van der Waals surface area contributed by atoms with Crippen molar-refractivity contribution in [1.29, 1.82) is 0 Å². The summed E-state index contributed by atoms with van der Waals surface area (Å²) < 4.78 is 16.5. The van der Waals surface area contributed by atoms with Crippen LogP contribution >= 0.6 is 0 Å². The number of hydrogen-bond acceptors (Lipinski definition) is 8. The van der Waals surface area contributed by atoms with Gasteiger partial charge >= 0.3 is 6.09 Å². The summed E-state index contributed by atoms with van der Waals surface area (Å²) >= 11 is 0. The normalized spacial score (nSPS) is 13.2. The average Bonchev–Trinajstić information content (AvgIpc) is 2.88. The van der Waals surface area contributed by atoms with Crippen molar-refractivity contribution < 1.29 is 38.2 Å². The molecule has 3 atom stereocenters. The third kappa shape index (κ3) is 13.9. The zero-order valence-electron chi connectivity index (χ0n) is 23.6. The number of benzene rings is 1. The predicted octanol–water partition coefficient (Wildman–Crippen LogP) is 0.837. The van der Waals surface area contributed by atoms with Crippen molar-refractivity contribution in [1.82, 2.24) is 16.0 Å². The van der Waals surface area contributed by atoms with Gasteiger partial charge in [0.05, 0.1) is 12.5 Å². The molecule has 1 aromatic rings. The second kappa shape index (κ2) is 18.6. The van der Waals surface area contributed by atoms with Crippen molar-refractivity contribution in [2.75, 3.05) is 13.2 Å². The minimum atomic E-state index is -1.43. The molecule has 0 saturated carbocycles. The first-order valence-electron chi connectivity index (χ1n) is 13.3. The van der Waals surface area contributed by atoms with E-state index in [-0.39, 0.29) is 25.4 Å². The van der Waals surface area contributed by atoms with E-state index in [2.05, 4.69) is 16.0 Å². The van der Waals surface area contributed by atoms with Crippen LogP contribution in [-0.2, 0) is 40.0 Å². The van der Waals surface area contributed by atoms with Gasteiger partial charge in [0.25, 0.3) is 0 Å². The fourth-order valence-electron chi connectivity index (χ4n) is 3.78. The number of rotatable bonds is 19. The van der Waals surface area contributed by atoms with Crippen LogP contribution in [0.15, 0.2) is 30.3 Å². The van der Waals surface area contributed by atoms with Crippen LogP contribution in [0.1, 0.15) is 58.9 Å². The molecule has 0 unspecified atom stereocenters. The molecule has 0 spiro atoms. The van der Waals surface area contributed by atoms with Gasteiger partial charge in [0.15, 0.2) is 6.29 Å². The summed E-state index contributed by atoms with van der Waals surface area (Å²) in [6.45, 7) is 8.16. The van der Waals surface area contributed by atoms with E-state index in [1.54, 1.807) is 44.2 Å². The number of ether oxygens (including phenoxy) is 3. The van der Waals surface area contributed by atoms with E-state index in [1.807, 2.05) is 13.8 Å². The number of primary amides is 2. The van der Waals surface area contributed by atoms with Gasteiger partial charge in [-0.1, -0.05) is 44.2 Å². The van der Waals surface area contributed by atoms with Gasteiger partial charge in [-0.05, 0) is 38.2 Å². The Morgan fingerprint density at radius 3 is 1.95 bits per heavy atom. The number of nitrogens with one attached hydrogen (secondary N) is 3. The molecular formula is C27H43N5O8. The highest BCUT2D eigenvalue weighted by atomic mass is 16.7. The van der Waals surface area contributed by atoms with E-state index >= 15 is 0 Å². The lowest BCUT2D eigenvalue weighted by molar-refractivity contribution is -0.161. The zero-order chi connectivity index (χ0) is 30.1. The molecular weight excluding hydrogens is 522 g/mol. The van der Waals surface area contributed by atoms with Crippen LogP contribution in [0, 0.1) is 5.92 Å². The SMILES string of the molecule is CCOC(OCC)[C@H](CC(C)C)NC(=O)[C@H](CCC(N)=O)NC(=O)[C@H](CC(N)=O)NC(=O)OCc1ccccc1. The Morgan fingerprint density at radius 2 is 1.43 bits per heavy atom. The standard InChI is InChI=1S/C27H43N5O8/c1-5-38-26(39-6-2)21(14-17(3)4)31-24(35)19(12-13-22(28)33)30-25(36)20(15-23(29)34)32-27(37)40-16-18-10-8-7-9-11-18/h7-11,17,19-21,26H,5-6,12-16H2,1-4H3,(H2,28,33)(H2,29,34)(H,30,36)(H,31,35)(H,32,37)/t19-,20-,21-/m0/s1. The summed E-state index contributed by atoms with van der Waals surface area (Å²) in [5, 5.41) is 7.66. The number of alkyl carbamates (subject to hydrolysis) is 1. The molecule has 13 nitrogen and oxygen atoms in total. The Morgan fingerprint density at radius 1 is 0.825 bits per heavy atom. The molecule has 40 heavy (non-hydrogen) atoms. The summed E-state index contributed by atoms with van der Waals surface area (Å²) in [5.41, 5.74) is 11.3. The lowest BCUT2D eigenvalue weighted by Gasteiger charge is -2.30. The van der Waals surface area contributed by atoms with Crippen molar-refractivity contribution >= 4 is 29.7 Å². The molecule has 5 amide bonds. The Balaban J connectivity index is 3.03. The quantitative estimate of drug-likeness (QED) is 0.152. The Bertz CT molecular complexity index is 954. The van der Waals surface area contributed by atoms with Crippen LogP contribution in [0.4, 0.5) is 4.79 Å². The van der Waals surface area contributed by atoms with Crippen molar-refractivity contribution in [3.8, 4) is 0 Å². The van der Waals surface area contributed by atoms with Crippen molar-refractivity contribution in [2.45, 2.75) is 84.4 Å². The van der Waals surface area contributed by atoms with Gasteiger partial charge in [-0.2, -0.15) is 0 Å². The zero-order valence-corrected chi connectivity index (χ0v) is 23.6. The molecule has 7 N–H and O–H groups in total. The molecule has 224 valence electrons. The van der Waals surface area contributed by atoms with Gasteiger partial charge in [-0.25, -0.2) is 4.79 Å². The van der Waals surface area contributed by atoms with E-state index in [9.17, 15) is 24.0 Å². The Labute approximate surface area is 235 Å². The lowest BCUT2D eigenvalue weighted by atomic mass is 10.0. The van der Waals surface area contributed by atoms with Gasteiger partial charge in [0.1, 0.15) is 18.7 Å². The summed E-state index contributed by atoms with van der Waals surface area (Å²) in [7, 11) is 0.